The number of hydrogen-bond donors (Lipinski definition) is 1. The topological polar surface area (TPSA) is 53.0 Å². The molecule has 2 aromatic carbocycles. The Morgan fingerprint density at radius 2 is 1.50 bits per heavy atom. The molecule has 2 unspecified atom stereocenters. The summed E-state index contributed by atoms with van der Waals surface area (Å²) in [6, 6.07) is 20.3. The second-order valence-electron chi connectivity index (χ2n) is 8.40. The molecule has 5 nitrogen and oxygen atoms in total. The quantitative estimate of drug-likeness (QED) is 0.857. The summed E-state index contributed by atoms with van der Waals surface area (Å²) in [5, 5.41) is 10.7. The fraction of sp³-hybridized carbons (Fsp3) is 0.435. The van der Waals surface area contributed by atoms with Gasteiger partial charge < -0.3 is 14.7 Å². The molecule has 0 aromatic heterocycles. The monoisotopic (exact) mass is 382 g/mol. The van der Waals surface area contributed by atoms with Crippen LogP contribution in [0.1, 0.15) is 31.9 Å². The van der Waals surface area contributed by atoms with E-state index in [1.165, 1.54) is 11.1 Å². The lowest BCUT2D eigenvalue weighted by Crippen LogP contribution is -2.43. The summed E-state index contributed by atoms with van der Waals surface area (Å²) in [7, 11) is 0. The van der Waals surface area contributed by atoms with E-state index in [0.717, 1.165) is 0 Å². The van der Waals surface area contributed by atoms with Gasteiger partial charge in [0.1, 0.15) is 5.60 Å². The number of rotatable bonds is 5. The molecular weight excluding hydrogens is 352 g/mol. The van der Waals surface area contributed by atoms with E-state index in [2.05, 4.69) is 29.2 Å². The van der Waals surface area contributed by atoms with E-state index in [0.29, 0.717) is 26.2 Å². The molecule has 3 rings (SSSR count). The zero-order valence-electron chi connectivity index (χ0n) is 16.9. The Labute approximate surface area is 167 Å². The average Bonchev–Trinajstić information content (AvgIpc) is 3.03. The van der Waals surface area contributed by atoms with E-state index in [4.69, 9.17) is 4.74 Å². The first-order chi connectivity index (χ1) is 13.3. The lowest BCUT2D eigenvalue weighted by atomic mass is 10.1. The Hall–Kier alpha value is -2.37. The molecule has 1 heterocycles. The Morgan fingerprint density at radius 1 is 1.00 bits per heavy atom. The van der Waals surface area contributed by atoms with E-state index in [-0.39, 0.29) is 12.1 Å². The van der Waals surface area contributed by atoms with Gasteiger partial charge in [-0.15, -0.1) is 0 Å². The molecule has 2 atom stereocenters. The second kappa shape index (κ2) is 8.76. The summed E-state index contributed by atoms with van der Waals surface area (Å²) in [6.45, 7) is 7.72. The minimum Gasteiger partial charge on any atom is -0.444 e. The largest absolute Gasteiger partial charge is 0.444 e. The van der Waals surface area contributed by atoms with Crippen molar-refractivity contribution < 1.29 is 14.6 Å². The van der Waals surface area contributed by atoms with E-state index in [9.17, 15) is 9.90 Å². The van der Waals surface area contributed by atoms with Crippen molar-refractivity contribution >= 4 is 6.09 Å². The van der Waals surface area contributed by atoms with Crippen LogP contribution in [0.4, 0.5) is 4.79 Å². The van der Waals surface area contributed by atoms with Crippen LogP contribution in [0, 0.1) is 0 Å². The van der Waals surface area contributed by atoms with Crippen LogP contribution in [-0.4, -0.2) is 51.8 Å². The summed E-state index contributed by atoms with van der Waals surface area (Å²) in [6.07, 6.45) is -0.978. The number of hydrogen-bond acceptors (Lipinski definition) is 4. The number of aliphatic hydroxyl groups excluding tert-OH is 1. The maximum atomic E-state index is 12.5. The third kappa shape index (κ3) is 5.57. The third-order valence-electron chi connectivity index (χ3n) is 4.84. The fourth-order valence-corrected chi connectivity index (χ4v) is 3.53. The lowest BCUT2D eigenvalue weighted by Gasteiger charge is -2.31. The Kier molecular flexibility index (Phi) is 6.37. The highest BCUT2D eigenvalue weighted by Gasteiger charge is 2.39. The molecule has 0 saturated carbocycles. The number of benzene rings is 2. The Balaban J connectivity index is 1.76. The van der Waals surface area contributed by atoms with Crippen molar-refractivity contribution in [2.75, 3.05) is 13.1 Å². The molecule has 28 heavy (non-hydrogen) atoms. The van der Waals surface area contributed by atoms with Crippen LogP contribution in [-0.2, 0) is 17.8 Å². The summed E-state index contributed by atoms with van der Waals surface area (Å²) >= 11 is 0. The van der Waals surface area contributed by atoms with Gasteiger partial charge in [0.25, 0.3) is 0 Å². The van der Waals surface area contributed by atoms with Crippen molar-refractivity contribution in [3.8, 4) is 0 Å². The molecule has 5 heteroatoms. The normalized spacial score (nSPS) is 19.8. The van der Waals surface area contributed by atoms with Crippen LogP contribution < -0.4 is 0 Å². The van der Waals surface area contributed by atoms with E-state index in [1.54, 1.807) is 4.90 Å². The third-order valence-corrected chi connectivity index (χ3v) is 4.84. The summed E-state index contributed by atoms with van der Waals surface area (Å²) in [5.41, 5.74) is 1.82. The standard InChI is InChI=1S/C23H30N2O3/c1-23(2,3)28-22(27)25-16-20(21(26)17-25)24(14-18-10-6-4-7-11-18)15-19-12-8-5-9-13-19/h4-13,20-21,26H,14-17H2,1-3H3. The second-order valence-corrected chi connectivity index (χ2v) is 8.40. The van der Waals surface area contributed by atoms with Crippen LogP contribution in [0.25, 0.3) is 0 Å². The molecule has 1 saturated heterocycles. The van der Waals surface area contributed by atoms with Crippen molar-refractivity contribution in [1.29, 1.82) is 0 Å². The minimum atomic E-state index is -0.611. The van der Waals surface area contributed by atoms with Crippen LogP contribution in [0.15, 0.2) is 60.7 Å². The number of ether oxygens (including phenoxy) is 1. The summed E-state index contributed by atoms with van der Waals surface area (Å²) < 4.78 is 5.49. The Bertz CT molecular complexity index is 717. The van der Waals surface area contributed by atoms with Crippen LogP contribution in [0.2, 0.25) is 0 Å². The molecule has 0 spiro atoms. The van der Waals surface area contributed by atoms with Crippen LogP contribution >= 0.6 is 0 Å². The first kappa shape index (κ1) is 20.4. The molecule has 0 radical (unpaired) electrons. The zero-order chi connectivity index (χ0) is 20.1. The lowest BCUT2D eigenvalue weighted by molar-refractivity contribution is 0.0269. The number of amides is 1. The SMILES string of the molecule is CC(C)(C)OC(=O)N1CC(O)C(N(Cc2ccccc2)Cc2ccccc2)C1. The van der Waals surface area contributed by atoms with Gasteiger partial charge in [0, 0.05) is 19.6 Å². The first-order valence-electron chi connectivity index (χ1n) is 9.80. The summed E-state index contributed by atoms with van der Waals surface area (Å²) in [5.74, 6) is 0. The van der Waals surface area contributed by atoms with E-state index < -0.39 is 11.7 Å². The number of β-amino-alcohol motifs (C(OH)–C–C–N with tert-alkyl or cyclic N) is 1. The number of carbonyl (C=O) groups excluding carboxylic acids is 1. The van der Waals surface area contributed by atoms with Crippen molar-refractivity contribution in [3.05, 3.63) is 71.8 Å². The van der Waals surface area contributed by atoms with Gasteiger partial charge in [-0.1, -0.05) is 60.7 Å². The van der Waals surface area contributed by atoms with Crippen molar-refractivity contribution in [2.24, 2.45) is 0 Å². The van der Waals surface area contributed by atoms with Gasteiger partial charge in [-0.3, -0.25) is 4.90 Å². The molecule has 150 valence electrons. The maximum Gasteiger partial charge on any atom is 0.410 e. The highest BCUT2D eigenvalue weighted by atomic mass is 16.6. The molecule has 1 N–H and O–H groups in total. The first-order valence-corrected chi connectivity index (χ1v) is 9.80. The number of carbonyl (C=O) groups is 1. The minimum absolute atomic E-state index is 0.145. The highest BCUT2D eigenvalue weighted by molar-refractivity contribution is 5.68. The van der Waals surface area contributed by atoms with Crippen LogP contribution in [0.5, 0.6) is 0 Å². The molecule has 0 bridgehead atoms. The molecule has 1 fully saturated rings. The highest BCUT2D eigenvalue weighted by Crippen LogP contribution is 2.23. The van der Waals surface area contributed by atoms with Crippen molar-refractivity contribution in [2.45, 2.75) is 51.6 Å². The molecule has 2 aromatic rings. The van der Waals surface area contributed by atoms with Gasteiger partial charge in [-0.2, -0.15) is 0 Å². The molecule has 1 amide bonds. The van der Waals surface area contributed by atoms with Crippen molar-refractivity contribution in [3.63, 3.8) is 0 Å². The average molecular weight is 383 g/mol. The molecule has 1 aliphatic heterocycles. The summed E-state index contributed by atoms with van der Waals surface area (Å²) in [4.78, 5) is 16.3. The predicted molar refractivity (Wildman–Crippen MR) is 110 cm³/mol. The van der Waals surface area contributed by atoms with Gasteiger partial charge in [0.2, 0.25) is 0 Å². The van der Waals surface area contributed by atoms with E-state index >= 15 is 0 Å². The van der Waals surface area contributed by atoms with E-state index in [1.807, 2.05) is 57.2 Å². The molecule has 0 aliphatic carbocycles. The van der Waals surface area contributed by atoms with Gasteiger partial charge in [0.05, 0.1) is 18.7 Å². The van der Waals surface area contributed by atoms with Crippen molar-refractivity contribution in [1.82, 2.24) is 9.80 Å². The van der Waals surface area contributed by atoms with Crippen LogP contribution in [0.3, 0.4) is 0 Å². The maximum absolute atomic E-state index is 12.5. The fourth-order valence-electron chi connectivity index (χ4n) is 3.53. The smallest absolute Gasteiger partial charge is 0.410 e. The number of aliphatic hydroxyl groups is 1. The predicted octanol–water partition coefficient (Wildman–Crippen LogP) is 3.67. The number of nitrogens with zero attached hydrogens (tertiary/aromatic N) is 2. The Morgan fingerprint density at radius 3 is 1.96 bits per heavy atom. The van der Waals surface area contributed by atoms with Gasteiger partial charge in [0.15, 0.2) is 0 Å². The number of likely N-dealkylation sites (tertiary alicyclic amines) is 1. The van der Waals surface area contributed by atoms with Gasteiger partial charge in [-0.25, -0.2) is 4.79 Å². The van der Waals surface area contributed by atoms with Gasteiger partial charge in [-0.05, 0) is 31.9 Å². The zero-order valence-corrected chi connectivity index (χ0v) is 16.9. The van der Waals surface area contributed by atoms with Gasteiger partial charge >= 0.3 is 6.09 Å². The molecular formula is C23H30N2O3. The molecule has 1 aliphatic rings.